The number of aryl methyl sites for hydroxylation is 1. The van der Waals surface area contributed by atoms with Crippen LogP contribution < -0.4 is 10.0 Å². The minimum absolute atomic E-state index is 0.0399. The van der Waals surface area contributed by atoms with E-state index in [1.165, 1.54) is 27.8 Å². The van der Waals surface area contributed by atoms with Gasteiger partial charge in [0, 0.05) is 24.0 Å². The van der Waals surface area contributed by atoms with Crippen LogP contribution in [-0.2, 0) is 16.6 Å². The molecule has 0 spiro atoms. The molecule has 0 aliphatic carbocycles. The highest BCUT2D eigenvalue weighted by atomic mass is 32.2. The Hall–Kier alpha value is -1.57. The number of anilines is 1. The van der Waals surface area contributed by atoms with E-state index in [2.05, 4.69) is 0 Å². The lowest BCUT2D eigenvalue weighted by atomic mass is 10.2. The molecular weight excluding hydrogens is 308 g/mol. The Morgan fingerprint density at radius 1 is 1.29 bits per heavy atom. The van der Waals surface area contributed by atoms with E-state index in [1.54, 1.807) is 25.1 Å². The van der Waals surface area contributed by atoms with Crippen molar-refractivity contribution >= 4 is 27.0 Å². The minimum Gasteiger partial charge on any atom is -0.508 e. The molecule has 0 aliphatic heterocycles. The zero-order valence-corrected chi connectivity index (χ0v) is 13.5. The van der Waals surface area contributed by atoms with Gasteiger partial charge in [-0.3, -0.25) is 4.31 Å². The normalized spacial score (nSPS) is 11.6. The van der Waals surface area contributed by atoms with Crippen LogP contribution in [0.25, 0.3) is 0 Å². The molecule has 0 saturated carbocycles. The first kappa shape index (κ1) is 15.8. The van der Waals surface area contributed by atoms with Crippen LogP contribution in [-0.4, -0.2) is 20.1 Å². The van der Waals surface area contributed by atoms with Crippen LogP contribution in [0.4, 0.5) is 5.69 Å². The Bertz CT molecular complexity index is 738. The molecule has 0 fully saturated rings. The Morgan fingerprint density at radius 3 is 2.57 bits per heavy atom. The fourth-order valence-electron chi connectivity index (χ4n) is 2.05. The van der Waals surface area contributed by atoms with Crippen molar-refractivity contribution in [3.63, 3.8) is 0 Å². The first-order valence-electron chi connectivity index (χ1n) is 6.51. The van der Waals surface area contributed by atoms with Gasteiger partial charge in [-0.05, 0) is 37.6 Å². The molecule has 0 aliphatic rings. The number of nitrogens with zero attached hydrogens (tertiary/aromatic N) is 1. The number of phenols is 1. The Labute approximate surface area is 128 Å². The second-order valence-corrected chi connectivity index (χ2v) is 7.82. The highest BCUT2D eigenvalue weighted by Crippen LogP contribution is 2.32. The average Bonchev–Trinajstić information content (AvgIpc) is 2.93. The Balaban J connectivity index is 2.51. The molecule has 0 atom stereocenters. The number of nitrogens with two attached hydrogens (primary N) is 1. The Morgan fingerprint density at radius 2 is 2.00 bits per heavy atom. The van der Waals surface area contributed by atoms with E-state index >= 15 is 0 Å². The van der Waals surface area contributed by atoms with Crippen molar-refractivity contribution in [1.82, 2.24) is 0 Å². The van der Waals surface area contributed by atoms with E-state index < -0.39 is 10.0 Å². The molecule has 2 rings (SSSR count). The molecule has 7 heteroatoms. The van der Waals surface area contributed by atoms with Crippen LogP contribution in [0.1, 0.15) is 17.4 Å². The molecular formula is C14H18N2O3S2. The van der Waals surface area contributed by atoms with Crippen molar-refractivity contribution in [2.75, 3.05) is 10.8 Å². The standard InChI is InChI=1S/C14H18N2O3S2/c1-3-16(13-8-11(17)5-4-10(13)2)21(18,19)14-7-6-12(9-15)20-14/h4-8,17H,3,9,15H2,1-2H3. The maximum Gasteiger partial charge on any atom is 0.273 e. The van der Waals surface area contributed by atoms with E-state index in [0.29, 0.717) is 12.2 Å². The number of hydrogen-bond donors (Lipinski definition) is 2. The van der Waals surface area contributed by atoms with Gasteiger partial charge in [0.05, 0.1) is 5.69 Å². The molecule has 0 unspecified atom stereocenters. The first-order valence-corrected chi connectivity index (χ1v) is 8.77. The molecule has 0 amide bonds. The minimum atomic E-state index is -3.65. The molecule has 5 nitrogen and oxygen atoms in total. The lowest BCUT2D eigenvalue weighted by Gasteiger charge is -2.24. The lowest BCUT2D eigenvalue weighted by molar-refractivity contribution is 0.475. The highest BCUT2D eigenvalue weighted by molar-refractivity contribution is 7.94. The molecule has 0 radical (unpaired) electrons. The molecule has 3 N–H and O–H groups in total. The van der Waals surface area contributed by atoms with Gasteiger partial charge in [-0.15, -0.1) is 11.3 Å². The summed E-state index contributed by atoms with van der Waals surface area (Å²) in [5, 5.41) is 9.62. The molecule has 0 bridgehead atoms. The summed E-state index contributed by atoms with van der Waals surface area (Å²) in [5.74, 6) is 0.0399. The van der Waals surface area contributed by atoms with Gasteiger partial charge in [0.25, 0.3) is 10.0 Å². The van der Waals surface area contributed by atoms with Gasteiger partial charge in [-0.1, -0.05) is 6.07 Å². The third kappa shape index (κ3) is 3.04. The van der Waals surface area contributed by atoms with Crippen molar-refractivity contribution in [3.05, 3.63) is 40.8 Å². The summed E-state index contributed by atoms with van der Waals surface area (Å²) in [6.45, 7) is 4.17. The quantitative estimate of drug-likeness (QED) is 0.884. The van der Waals surface area contributed by atoms with Gasteiger partial charge in [-0.2, -0.15) is 0 Å². The van der Waals surface area contributed by atoms with E-state index in [1.807, 2.05) is 6.92 Å². The SMILES string of the molecule is CCN(c1cc(O)ccc1C)S(=O)(=O)c1ccc(CN)s1. The van der Waals surface area contributed by atoms with Crippen molar-refractivity contribution in [2.45, 2.75) is 24.6 Å². The summed E-state index contributed by atoms with van der Waals surface area (Å²) < 4.78 is 27.1. The zero-order valence-electron chi connectivity index (χ0n) is 11.9. The van der Waals surface area contributed by atoms with Crippen LogP contribution in [0.2, 0.25) is 0 Å². The van der Waals surface area contributed by atoms with Crippen LogP contribution in [0.15, 0.2) is 34.5 Å². The number of benzene rings is 1. The third-order valence-corrected chi connectivity index (χ3v) is 6.59. The third-order valence-electron chi connectivity index (χ3n) is 3.13. The number of aromatic hydroxyl groups is 1. The second-order valence-electron chi connectivity index (χ2n) is 4.57. The number of rotatable bonds is 5. The predicted octanol–water partition coefficient (Wildman–Crippen LogP) is 2.44. The summed E-state index contributed by atoms with van der Waals surface area (Å²) in [7, 11) is -3.65. The fraction of sp³-hybridized carbons (Fsp3) is 0.286. The van der Waals surface area contributed by atoms with E-state index in [9.17, 15) is 13.5 Å². The summed E-state index contributed by atoms with van der Waals surface area (Å²) in [4.78, 5) is 0.817. The fourth-order valence-corrected chi connectivity index (χ4v) is 4.93. The van der Waals surface area contributed by atoms with Crippen molar-refractivity contribution in [2.24, 2.45) is 5.73 Å². The molecule has 0 saturated heterocycles. The largest absolute Gasteiger partial charge is 0.508 e. The van der Waals surface area contributed by atoms with Gasteiger partial charge < -0.3 is 10.8 Å². The maximum absolute atomic E-state index is 12.8. The van der Waals surface area contributed by atoms with Gasteiger partial charge >= 0.3 is 0 Å². The van der Waals surface area contributed by atoms with Crippen molar-refractivity contribution < 1.29 is 13.5 Å². The summed E-state index contributed by atoms with van der Waals surface area (Å²) in [6, 6.07) is 8.00. The summed E-state index contributed by atoms with van der Waals surface area (Å²) in [5.41, 5.74) is 6.81. The van der Waals surface area contributed by atoms with Gasteiger partial charge in [0.1, 0.15) is 9.96 Å². The molecule has 114 valence electrons. The number of hydrogen-bond acceptors (Lipinski definition) is 5. The second kappa shape index (κ2) is 6.05. The van der Waals surface area contributed by atoms with Crippen LogP contribution >= 0.6 is 11.3 Å². The van der Waals surface area contributed by atoms with Gasteiger partial charge in [0.2, 0.25) is 0 Å². The molecule has 21 heavy (non-hydrogen) atoms. The van der Waals surface area contributed by atoms with Crippen LogP contribution in [0.3, 0.4) is 0 Å². The van der Waals surface area contributed by atoms with E-state index in [-0.39, 0.29) is 16.5 Å². The maximum atomic E-state index is 12.8. The number of thiophene rings is 1. The highest BCUT2D eigenvalue weighted by Gasteiger charge is 2.26. The molecule has 1 aromatic carbocycles. The predicted molar refractivity (Wildman–Crippen MR) is 85.3 cm³/mol. The van der Waals surface area contributed by atoms with Crippen LogP contribution in [0.5, 0.6) is 5.75 Å². The Kier molecular flexibility index (Phi) is 4.55. The lowest BCUT2D eigenvalue weighted by Crippen LogP contribution is -2.30. The molecule has 2 aromatic rings. The van der Waals surface area contributed by atoms with Gasteiger partial charge in [0.15, 0.2) is 0 Å². The van der Waals surface area contributed by atoms with Crippen LogP contribution in [0, 0.1) is 6.92 Å². The monoisotopic (exact) mass is 326 g/mol. The topological polar surface area (TPSA) is 83.6 Å². The first-order chi connectivity index (χ1) is 9.90. The number of phenolic OH excluding ortho intramolecular Hbond substituents is 1. The van der Waals surface area contributed by atoms with Crippen molar-refractivity contribution in [1.29, 1.82) is 0 Å². The zero-order chi connectivity index (χ0) is 15.6. The average molecular weight is 326 g/mol. The molecule has 1 heterocycles. The summed E-state index contributed by atoms with van der Waals surface area (Å²) >= 11 is 1.17. The molecule has 1 aromatic heterocycles. The van der Waals surface area contributed by atoms with E-state index in [0.717, 1.165) is 10.4 Å². The summed E-state index contributed by atoms with van der Waals surface area (Å²) in [6.07, 6.45) is 0. The smallest absolute Gasteiger partial charge is 0.273 e. The van der Waals surface area contributed by atoms with Crippen molar-refractivity contribution in [3.8, 4) is 5.75 Å². The van der Waals surface area contributed by atoms with E-state index in [4.69, 9.17) is 5.73 Å². The number of sulfonamides is 1. The van der Waals surface area contributed by atoms with Gasteiger partial charge in [-0.25, -0.2) is 8.42 Å².